The number of methoxy groups -OCH3 is 1. The molecular formula is C16H32N2O3Si. The van der Waals surface area contributed by atoms with Gasteiger partial charge in [0.2, 0.25) is 5.91 Å². The minimum Gasteiger partial charge on any atom is -0.413 e. The van der Waals surface area contributed by atoms with Crippen LogP contribution in [0.15, 0.2) is 0 Å². The van der Waals surface area contributed by atoms with Crippen LogP contribution < -0.4 is 5.32 Å². The van der Waals surface area contributed by atoms with Gasteiger partial charge in [-0.25, -0.2) is 0 Å². The van der Waals surface area contributed by atoms with E-state index >= 15 is 0 Å². The molecule has 128 valence electrons. The lowest BCUT2D eigenvalue weighted by atomic mass is 10.0. The Morgan fingerprint density at radius 2 is 1.91 bits per heavy atom. The third kappa shape index (κ3) is 6.07. The minimum absolute atomic E-state index is 0.0648. The van der Waals surface area contributed by atoms with Gasteiger partial charge in [-0.2, -0.15) is 5.26 Å². The molecule has 22 heavy (non-hydrogen) atoms. The molecule has 0 aliphatic heterocycles. The Balaban J connectivity index is 5.00. The number of ether oxygens (including phenoxy) is 1. The van der Waals surface area contributed by atoms with Crippen molar-refractivity contribution in [2.75, 3.05) is 7.11 Å². The first-order valence-corrected chi connectivity index (χ1v) is 10.8. The number of rotatable bonds is 8. The van der Waals surface area contributed by atoms with Crippen LogP contribution in [-0.4, -0.2) is 33.7 Å². The predicted molar refractivity (Wildman–Crippen MR) is 90.7 cm³/mol. The number of nitrogens with zero attached hydrogens (tertiary/aromatic N) is 1. The van der Waals surface area contributed by atoms with E-state index in [0.29, 0.717) is 6.42 Å². The van der Waals surface area contributed by atoms with Crippen LogP contribution in [0.1, 0.15) is 47.5 Å². The SMILES string of the molecule is CCCC(=O)N[C@@H](OC)[C@H](C#N)[C@@H](C)O[Si](C)(C)C(C)(C)C. The molecule has 6 heteroatoms. The molecule has 3 atom stereocenters. The van der Waals surface area contributed by atoms with Crippen LogP contribution in [0.2, 0.25) is 18.1 Å². The Kier molecular flexibility index (Phi) is 8.30. The fourth-order valence-electron chi connectivity index (χ4n) is 1.89. The maximum absolute atomic E-state index is 11.8. The van der Waals surface area contributed by atoms with Crippen LogP contribution in [0, 0.1) is 17.2 Å². The molecular weight excluding hydrogens is 296 g/mol. The zero-order valence-electron chi connectivity index (χ0n) is 15.3. The number of nitrogens with one attached hydrogen (secondary N) is 1. The van der Waals surface area contributed by atoms with E-state index in [4.69, 9.17) is 9.16 Å². The number of carbonyl (C=O) groups is 1. The molecule has 0 aliphatic rings. The Hall–Kier alpha value is -0.903. The largest absolute Gasteiger partial charge is 0.413 e. The van der Waals surface area contributed by atoms with E-state index < -0.39 is 20.5 Å². The molecule has 0 heterocycles. The molecule has 0 rings (SSSR count). The van der Waals surface area contributed by atoms with Crippen molar-refractivity contribution in [1.29, 1.82) is 5.26 Å². The molecule has 0 radical (unpaired) electrons. The highest BCUT2D eigenvalue weighted by Gasteiger charge is 2.41. The summed E-state index contributed by atoms with van der Waals surface area (Å²) in [6.45, 7) is 14.6. The zero-order chi connectivity index (χ0) is 17.6. The molecule has 0 aromatic heterocycles. The Bertz CT molecular complexity index is 399. The highest BCUT2D eigenvalue weighted by Crippen LogP contribution is 2.38. The first kappa shape index (κ1) is 21.1. The van der Waals surface area contributed by atoms with Crippen molar-refractivity contribution in [1.82, 2.24) is 5.32 Å². The minimum atomic E-state index is -1.98. The lowest BCUT2D eigenvalue weighted by Gasteiger charge is -2.40. The van der Waals surface area contributed by atoms with Crippen LogP contribution >= 0.6 is 0 Å². The Morgan fingerprint density at radius 3 is 2.27 bits per heavy atom. The molecule has 0 unspecified atom stereocenters. The molecule has 0 saturated carbocycles. The Morgan fingerprint density at radius 1 is 1.36 bits per heavy atom. The molecule has 0 aromatic carbocycles. The molecule has 1 N–H and O–H groups in total. The van der Waals surface area contributed by atoms with Crippen LogP contribution in [-0.2, 0) is 14.0 Å². The van der Waals surface area contributed by atoms with Gasteiger partial charge in [-0.05, 0) is 31.5 Å². The lowest BCUT2D eigenvalue weighted by Crippen LogP contribution is -2.50. The summed E-state index contributed by atoms with van der Waals surface area (Å²) in [6.07, 6.45) is 0.229. The molecule has 0 aromatic rings. The normalized spacial score (nSPS) is 16.5. The van der Waals surface area contributed by atoms with Crippen LogP contribution in [0.3, 0.4) is 0 Å². The standard InChI is InChI=1S/C16H32N2O3Si/c1-9-10-14(19)18-15(20-6)13(11-17)12(2)21-22(7,8)16(3,4)5/h12-13,15H,9-10H2,1-8H3,(H,18,19)/t12-,13-,15+/m1/s1. The third-order valence-corrected chi connectivity index (χ3v) is 8.88. The highest BCUT2D eigenvalue weighted by atomic mass is 28.4. The molecule has 0 fully saturated rings. The second-order valence-electron chi connectivity index (χ2n) is 7.21. The maximum atomic E-state index is 11.8. The van der Waals surface area contributed by atoms with Gasteiger partial charge >= 0.3 is 0 Å². The smallest absolute Gasteiger partial charge is 0.222 e. The molecule has 1 amide bonds. The van der Waals surface area contributed by atoms with Crippen molar-refractivity contribution in [2.24, 2.45) is 5.92 Å². The van der Waals surface area contributed by atoms with Crippen LogP contribution in [0.5, 0.6) is 0 Å². The molecule has 0 bridgehead atoms. The van der Waals surface area contributed by atoms with E-state index in [1.807, 2.05) is 13.8 Å². The van der Waals surface area contributed by atoms with Crippen LogP contribution in [0.4, 0.5) is 0 Å². The highest BCUT2D eigenvalue weighted by molar-refractivity contribution is 6.74. The summed E-state index contributed by atoms with van der Waals surface area (Å²) in [7, 11) is -0.480. The van der Waals surface area contributed by atoms with Gasteiger partial charge in [0.1, 0.15) is 12.1 Å². The monoisotopic (exact) mass is 328 g/mol. The van der Waals surface area contributed by atoms with E-state index in [2.05, 4.69) is 45.3 Å². The van der Waals surface area contributed by atoms with Gasteiger partial charge < -0.3 is 14.5 Å². The molecule has 0 saturated heterocycles. The average Bonchev–Trinajstić information content (AvgIpc) is 2.36. The Labute approximate surface area is 136 Å². The maximum Gasteiger partial charge on any atom is 0.222 e. The summed E-state index contributed by atoms with van der Waals surface area (Å²) in [5.41, 5.74) is 0. The number of nitriles is 1. The van der Waals surface area contributed by atoms with Gasteiger partial charge in [-0.1, -0.05) is 27.7 Å². The van der Waals surface area contributed by atoms with E-state index in [9.17, 15) is 10.1 Å². The van der Waals surface area contributed by atoms with E-state index in [1.165, 1.54) is 7.11 Å². The number of hydrogen-bond donors (Lipinski definition) is 1. The molecule has 0 aliphatic carbocycles. The fraction of sp³-hybridized carbons (Fsp3) is 0.875. The predicted octanol–water partition coefficient (Wildman–Crippen LogP) is 3.43. The van der Waals surface area contributed by atoms with E-state index in [1.54, 1.807) is 0 Å². The number of amides is 1. The van der Waals surface area contributed by atoms with Gasteiger partial charge in [-0.15, -0.1) is 0 Å². The van der Waals surface area contributed by atoms with E-state index in [-0.39, 0.29) is 17.0 Å². The summed E-state index contributed by atoms with van der Waals surface area (Å²) in [4.78, 5) is 11.8. The summed E-state index contributed by atoms with van der Waals surface area (Å²) in [6, 6.07) is 2.23. The topological polar surface area (TPSA) is 71.3 Å². The van der Waals surface area contributed by atoms with E-state index in [0.717, 1.165) is 6.42 Å². The molecule has 0 spiro atoms. The third-order valence-electron chi connectivity index (χ3n) is 4.30. The van der Waals surface area contributed by atoms with Gasteiger partial charge in [-0.3, -0.25) is 4.79 Å². The van der Waals surface area contributed by atoms with Crippen molar-refractivity contribution in [2.45, 2.75) is 77.9 Å². The van der Waals surface area contributed by atoms with Gasteiger partial charge in [0.25, 0.3) is 0 Å². The first-order valence-electron chi connectivity index (χ1n) is 7.89. The first-order chi connectivity index (χ1) is 10.00. The average molecular weight is 329 g/mol. The van der Waals surface area contributed by atoms with Crippen molar-refractivity contribution in [3.63, 3.8) is 0 Å². The number of hydrogen-bond acceptors (Lipinski definition) is 4. The fourth-order valence-corrected chi connectivity index (χ4v) is 3.32. The summed E-state index contributed by atoms with van der Waals surface area (Å²) in [5.74, 6) is -0.644. The van der Waals surface area contributed by atoms with Crippen molar-refractivity contribution >= 4 is 14.2 Å². The van der Waals surface area contributed by atoms with Gasteiger partial charge in [0.15, 0.2) is 8.32 Å². The lowest BCUT2D eigenvalue weighted by molar-refractivity contribution is -0.126. The van der Waals surface area contributed by atoms with Crippen LogP contribution in [0.25, 0.3) is 0 Å². The van der Waals surface area contributed by atoms with Crippen molar-refractivity contribution in [3.8, 4) is 6.07 Å². The second kappa shape index (κ2) is 8.66. The second-order valence-corrected chi connectivity index (χ2v) is 12.0. The molecule has 5 nitrogen and oxygen atoms in total. The summed E-state index contributed by atoms with van der Waals surface area (Å²) >= 11 is 0. The van der Waals surface area contributed by atoms with Crippen molar-refractivity contribution < 1.29 is 14.0 Å². The summed E-state index contributed by atoms with van der Waals surface area (Å²) < 4.78 is 11.6. The summed E-state index contributed by atoms with van der Waals surface area (Å²) in [5, 5.41) is 12.3. The van der Waals surface area contributed by atoms with Gasteiger partial charge in [0, 0.05) is 13.5 Å². The zero-order valence-corrected chi connectivity index (χ0v) is 16.3. The van der Waals surface area contributed by atoms with Crippen molar-refractivity contribution in [3.05, 3.63) is 0 Å². The van der Waals surface area contributed by atoms with Gasteiger partial charge in [0.05, 0.1) is 12.2 Å². The quantitative estimate of drug-likeness (QED) is 0.547. The number of carbonyl (C=O) groups excluding carboxylic acids is 1.